The maximum Gasteiger partial charge on any atom is 0.340 e. The van der Waals surface area contributed by atoms with Gasteiger partial charge in [0.15, 0.2) is 0 Å². The Hall–Kier alpha value is -1.75. The summed E-state index contributed by atoms with van der Waals surface area (Å²) < 4.78 is 18.6. The largest absolute Gasteiger partial charge is 0.465 e. The molecule has 1 aromatic carbocycles. The van der Waals surface area contributed by atoms with Crippen LogP contribution in [0.1, 0.15) is 66.8 Å². The Morgan fingerprint density at radius 3 is 2.15 bits per heavy atom. The van der Waals surface area contributed by atoms with E-state index in [-0.39, 0.29) is 17.7 Å². The summed E-state index contributed by atoms with van der Waals surface area (Å²) in [6.07, 6.45) is 0.718. The van der Waals surface area contributed by atoms with E-state index in [9.17, 15) is 9.18 Å². The van der Waals surface area contributed by atoms with Crippen LogP contribution in [0.2, 0.25) is 0 Å². The number of carbonyl (C=O) groups is 1. The molecule has 0 aliphatic rings. The quantitative estimate of drug-likeness (QED) is 0.433. The number of carbonyl (C=O) groups excluding carboxylic acids is 1. The molecule has 0 atom stereocenters. The van der Waals surface area contributed by atoms with Gasteiger partial charge in [-0.2, -0.15) is 0 Å². The van der Waals surface area contributed by atoms with Gasteiger partial charge in [0.1, 0.15) is 5.82 Å². The Kier molecular flexibility index (Phi) is 6.93. The van der Waals surface area contributed by atoms with Crippen LogP contribution in [0.4, 0.5) is 4.39 Å². The zero-order chi connectivity index (χ0) is 19.4. The molecule has 0 saturated heterocycles. The van der Waals surface area contributed by atoms with Gasteiger partial charge in [0.05, 0.1) is 18.4 Å². The number of pyridine rings is 1. The minimum absolute atomic E-state index is 0.0545. The third-order valence-corrected chi connectivity index (χ3v) is 4.72. The molecular formula is C21H25BrFNO2. The first kappa shape index (κ1) is 20.6. The van der Waals surface area contributed by atoms with Gasteiger partial charge < -0.3 is 4.74 Å². The highest BCUT2D eigenvalue weighted by Crippen LogP contribution is 2.37. The van der Waals surface area contributed by atoms with Crippen LogP contribution in [-0.4, -0.2) is 23.4 Å². The zero-order valence-electron chi connectivity index (χ0n) is 15.9. The summed E-state index contributed by atoms with van der Waals surface area (Å²) in [7, 11) is 1.38. The van der Waals surface area contributed by atoms with Crippen molar-refractivity contribution in [2.45, 2.75) is 46.0 Å². The number of benzene rings is 1. The van der Waals surface area contributed by atoms with Crippen molar-refractivity contribution >= 4 is 21.9 Å². The van der Waals surface area contributed by atoms with Gasteiger partial charge in [-0.1, -0.05) is 55.8 Å². The number of methoxy groups -OCH3 is 1. The second kappa shape index (κ2) is 8.76. The fourth-order valence-corrected chi connectivity index (χ4v) is 3.54. The van der Waals surface area contributed by atoms with Gasteiger partial charge in [-0.25, -0.2) is 9.18 Å². The second-order valence-electron chi connectivity index (χ2n) is 6.86. The molecule has 2 rings (SSSR count). The van der Waals surface area contributed by atoms with Gasteiger partial charge in [0, 0.05) is 16.6 Å². The van der Waals surface area contributed by atoms with Crippen LogP contribution in [0, 0.1) is 5.82 Å². The Bertz CT molecular complexity index is 786. The van der Waals surface area contributed by atoms with Crippen LogP contribution in [0.15, 0.2) is 24.3 Å². The van der Waals surface area contributed by atoms with Crippen molar-refractivity contribution in [3.63, 3.8) is 0 Å². The lowest BCUT2D eigenvalue weighted by Crippen LogP contribution is -2.17. The highest BCUT2D eigenvalue weighted by molar-refractivity contribution is 9.09. The molecule has 0 N–H and O–H groups in total. The number of alkyl halides is 1. The average molecular weight is 422 g/mol. The topological polar surface area (TPSA) is 39.2 Å². The van der Waals surface area contributed by atoms with Crippen molar-refractivity contribution in [1.82, 2.24) is 4.98 Å². The number of aromatic nitrogens is 1. The molecule has 140 valence electrons. The van der Waals surface area contributed by atoms with Crippen LogP contribution in [-0.2, 0) is 11.2 Å². The minimum Gasteiger partial charge on any atom is -0.465 e. The average Bonchev–Trinajstić information content (AvgIpc) is 2.61. The molecule has 0 aliphatic heterocycles. The number of ether oxygens (including phenoxy) is 1. The molecule has 0 aliphatic carbocycles. The van der Waals surface area contributed by atoms with Crippen molar-refractivity contribution in [1.29, 1.82) is 0 Å². The zero-order valence-corrected chi connectivity index (χ0v) is 17.5. The minimum atomic E-state index is -0.411. The van der Waals surface area contributed by atoms with E-state index in [0.717, 1.165) is 39.8 Å². The molecule has 1 heterocycles. The van der Waals surface area contributed by atoms with Crippen LogP contribution in [0.5, 0.6) is 0 Å². The normalized spacial score (nSPS) is 11.3. The van der Waals surface area contributed by atoms with E-state index in [1.54, 1.807) is 12.1 Å². The summed E-state index contributed by atoms with van der Waals surface area (Å²) in [6.45, 7) is 8.21. The molecule has 0 unspecified atom stereocenters. The molecule has 3 nitrogen and oxygen atoms in total. The summed E-state index contributed by atoms with van der Waals surface area (Å²) in [4.78, 5) is 17.6. The van der Waals surface area contributed by atoms with Crippen molar-refractivity contribution < 1.29 is 13.9 Å². The van der Waals surface area contributed by atoms with E-state index in [1.807, 2.05) is 13.8 Å². The van der Waals surface area contributed by atoms with Crippen LogP contribution in [0.3, 0.4) is 0 Å². The molecule has 0 amide bonds. The SMILES string of the molecule is COC(=O)c1c(C(C)C)nc(C(C)C)c(CCBr)c1-c1ccc(F)cc1. The molecule has 2 aromatic rings. The Morgan fingerprint density at radius 1 is 1.12 bits per heavy atom. The number of esters is 1. The predicted octanol–water partition coefficient (Wildman–Crippen LogP) is 5.86. The van der Waals surface area contributed by atoms with Gasteiger partial charge in [-0.3, -0.25) is 4.98 Å². The number of rotatable bonds is 6. The van der Waals surface area contributed by atoms with E-state index >= 15 is 0 Å². The fraction of sp³-hybridized carbons (Fsp3) is 0.429. The van der Waals surface area contributed by atoms with Crippen molar-refractivity contribution in [3.05, 3.63) is 52.6 Å². The Morgan fingerprint density at radius 2 is 1.69 bits per heavy atom. The van der Waals surface area contributed by atoms with Gasteiger partial charge in [-0.15, -0.1) is 0 Å². The van der Waals surface area contributed by atoms with Crippen LogP contribution >= 0.6 is 15.9 Å². The lowest BCUT2D eigenvalue weighted by Gasteiger charge is -2.23. The van der Waals surface area contributed by atoms with E-state index < -0.39 is 5.97 Å². The third kappa shape index (κ3) is 4.14. The maximum atomic E-state index is 13.5. The molecule has 0 bridgehead atoms. The first-order valence-corrected chi connectivity index (χ1v) is 9.90. The first-order valence-electron chi connectivity index (χ1n) is 8.78. The predicted molar refractivity (Wildman–Crippen MR) is 107 cm³/mol. The summed E-state index contributed by atoms with van der Waals surface area (Å²) in [5, 5.41) is 0.740. The molecule has 5 heteroatoms. The Labute approximate surface area is 163 Å². The second-order valence-corrected chi connectivity index (χ2v) is 7.65. The van der Waals surface area contributed by atoms with E-state index in [2.05, 4.69) is 29.8 Å². The lowest BCUT2D eigenvalue weighted by molar-refractivity contribution is 0.0599. The number of nitrogens with zero attached hydrogens (tertiary/aromatic N) is 1. The molecule has 26 heavy (non-hydrogen) atoms. The van der Waals surface area contributed by atoms with Gasteiger partial charge >= 0.3 is 5.97 Å². The summed E-state index contributed by atoms with van der Waals surface area (Å²) in [6, 6.07) is 6.25. The monoisotopic (exact) mass is 421 g/mol. The van der Waals surface area contributed by atoms with Gasteiger partial charge in [0.25, 0.3) is 0 Å². The molecular weight excluding hydrogens is 397 g/mol. The Balaban J connectivity index is 2.97. The summed E-state index contributed by atoms with van der Waals surface area (Å²) >= 11 is 3.51. The smallest absolute Gasteiger partial charge is 0.340 e. The highest BCUT2D eigenvalue weighted by atomic mass is 79.9. The van der Waals surface area contributed by atoms with Crippen LogP contribution in [0.25, 0.3) is 11.1 Å². The number of hydrogen-bond acceptors (Lipinski definition) is 3. The standard InChI is InChI=1S/C21H25BrFNO2/c1-12(2)19-16(10-11-22)17(14-6-8-15(23)9-7-14)18(21(25)26-5)20(24-19)13(3)4/h6-9,12-13H,10-11H2,1-5H3. The molecule has 0 fully saturated rings. The lowest BCUT2D eigenvalue weighted by atomic mass is 9.86. The summed E-state index contributed by atoms with van der Waals surface area (Å²) in [5.41, 5.74) is 4.79. The molecule has 0 saturated carbocycles. The van der Waals surface area contributed by atoms with Gasteiger partial charge in [-0.05, 0) is 41.5 Å². The number of halogens is 2. The fourth-order valence-electron chi connectivity index (χ4n) is 3.15. The van der Waals surface area contributed by atoms with Crippen molar-refractivity contribution in [2.24, 2.45) is 0 Å². The number of hydrogen-bond donors (Lipinski definition) is 0. The molecule has 1 aromatic heterocycles. The van der Waals surface area contributed by atoms with E-state index in [4.69, 9.17) is 9.72 Å². The molecule has 0 spiro atoms. The van der Waals surface area contributed by atoms with Crippen molar-refractivity contribution in [3.8, 4) is 11.1 Å². The van der Waals surface area contributed by atoms with Crippen molar-refractivity contribution in [2.75, 3.05) is 12.4 Å². The van der Waals surface area contributed by atoms with Crippen LogP contribution < -0.4 is 0 Å². The van der Waals surface area contributed by atoms with E-state index in [1.165, 1.54) is 19.2 Å². The third-order valence-electron chi connectivity index (χ3n) is 4.32. The van der Waals surface area contributed by atoms with E-state index in [0.29, 0.717) is 5.56 Å². The first-order chi connectivity index (χ1) is 12.3. The van der Waals surface area contributed by atoms with Gasteiger partial charge in [0.2, 0.25) is 0 Å². The molecule has 0 radical (unpaired) electrons. The maximum absolute atomic E-state index is 13.5. The highest BCUT2D eigenvalue weighted by Gasteiger charge is 2.27. The summed E-state index contributed by atoms with van der Waals surface area (Å²) in [5.74, 6) is -0.462.